The number of aromatic nitrogens is 4. The number of nitrogens with zero attached hydrogens (tertiary/aromatic N) is 5. The second-order valence-electron chi connectivity index (χ2n) is 17.6. The first-order chi connectivity index (χ1) is 28.7. The molecule has 15 heteroatoms. The topological polar surface area (TPSA) is 192 Å². The average Bonchev–Trinajstić information content (AvgIpc) is 3.49. The highest BCUT2D eigenvalue weighted by atomic mass is 32.2. The SMILES string of the molecule is CCC(C)(C)C(=O)O[C@H]1C[C@@H](C)C=C2C=C[C@H](C)[C@H](CC[C@@H]3C[C@@H](O)CC(=O)O3)[C@H]21.Cc1ccc(Nc2nccc(N(C)c3ccc4c(C)n(C)nc4c3)n2)cc1S(N)(=O)=O. The molecule has 3 aliphatic rings. The molecule has 0 unspecified atom stereocenters. The first-order valence-electron chi connectivity index (χ1n) is 21.1. The first kappa shape index (κ1) is 45.4. The van der Waals surface area contributed by atoms with Crippen LogP contribution in [0.2, 0.25) is 0 Å². The van der Waals surface area contributed by atoms with Crippen molar-refractivity contribution < 1.29 is 32.6 Å². The highest BCUT2D eigenvalue weighted by Gasteiger charge is 2.43. The maximum Gasteiger partial charge on any atom is 0.311 e. The number of nitrogens with one attached hydrogen (secondary N) is 1. The molecule has 328 valence electrons. The number of hydrogen-bond donors (Lipinski definition) is 3. The molecule has 0 bridgehead atoms. The summed E-state index contributed by atoms with van der Waals surface area (Å²) in [6, 6.07) is 12.8. The Morgan fingerprint density at radius 3 is 2.57 bits per heavy atom. The summed E-state index contributed by atoms with van der Waals surface area (Å²) >= 11 is 0. The number of esters is 2. The number of ether oxygens (including phenoxy) is 2. The minimum Gasteiger partial charge on any atom is -0.462 e. The van der Waals surface area contributed by atoms with Crippen molar-refractivity contribution in [2.24, 2.45) is 41.3 Å². The second-order valence-corrected chi connectivity index (χ2v) is 19.1. The number of aliphatic hydroxyl groups is 1. The van der Waals surface area contributed by atoms with Crippen molar-refractivity contribution in [3.8, 4) is 0 Å². The van der Waals surface area contributed by atoms with Gasteiger partial charge in [0, 0.05) is 55.1 Å². The van der Waals surface area contributed by atoms with Crippen LogP contribution in [-0.2, 0) is 36.1 Å². The summed E-state index contributed by atoms with van der Waals surface area (Å²) in [5.74, 6) is 1.78. The van der Waals surface area contributed by atoms with E-state index in [1.54, 1.807) is 31.3 Å². The van der Waals surface area contributed by atoms with Gasteiger partial charge in [-0.05, 0) is 119 Å². The number of benzene rings is 2. The van der Waals surface area contributed by atoms with Crippen molar-refractivity contribution in [2.75, 3.05) is 17.3 Å². The van der Waals surface area contributed by atoms with E-state index < -0.39 is 21.5 Å². The molecule has 1 aliphatic heterocycles. The van der Waals surface area contributed by atoms with Gasteiger partial charge >= 0.3 is 11.9 Å². The Hall–Kier alpha value is -5.12. The Morgan fingerprint density at radius 1 is 1.11 bits per heavy atom. The van der Waals surface area contributed by atoms with E-state index in [2.05, 4.69) is 52.5 Å². The van der Waals surface area contributed by atoms with E-state index in [4.69, 9.17) is 14.6 Å². The Balaban J connectivity index is 0.000000204. The standard InChI is InChI=1S/C25H38O5.C21H23N7O2S/c1-6-25(4,5)24(28)30-21-12-15(2)11-17-8-7-16(3)20(23(17)21)10-9-19-13-18(26)14-22(27)29-19;1-13-5-6-15(11-19(13)31(22,29)30)24-21-23-10-9-20(25-21)27(3)16-7-8-17-14(2)28(4)26-18(17)12-16/h7-8,11,15-16,18-21,23,26H,6,9-10,12-14H2,1-5H3;5-12H,1-4H3,(H2,22,29,30)(H,23,24,25)/t15-,16-,18+,19+,20-,21-,23-;/m0./s1. The molecule has 4 aromatic rings. The van der Waals surface area contributed by atoms with Gasteiger partial charge in [-0.2, -0.15) is 10.1 Å². The second kappa shape index (κ2) is 18.5. The Labute approximate surface area is 359 Å². The summed E-state index contributed by atoms with van der Waals surface area (Å²) in [6.45, 7) is 14.0. The molecule has 0 saturated carbocycles. The van der Waals surface area contributed by atoms with Gasteiger partial charge in [-0.3, -0.25) is 14.3 Å². The molecule has 2 aromatic carbocycles. The van der Waals surface area contributed by atoms with Crippen molar-refractivity contribution >= 4 is 56.0 Å². The normalized spacial score (nSPS) is 23.9. The van der Waals surface area contributed by atoms with Gasteiger partial charge in [-0.25, -0.2) is 18.5 Å². The maximum atomic E-state index is 12.9. The summed E-state index contributed by atoms with van der Waals surface area (Å²) in [5.41, 5.74) is 4.83. The van der Waals surface area contributed by atoms with Crippen LogP contribution >= 0.6 is 0 Å². The third-order valence-electron chi connectivity index (χ3n) is 12.6. The molecule has 0 spiro atoms. The molecule has 1 fully saturated rings. The molecule has 4 N–H and O–H groups in total. The summed E-state index contributed by atoms with van der Waals surface area (Å²) in [6.07, 6.45) is 11.3. The van der Waals surface area contributed by atoms with Crippen LogP contribution in [0.1, 0.15) is 84.4 Å². The van der Waals surface area contributed by atoms with Crippen LogP contribution in [0.25, 0.3) is 10.9 Å². The third kappa shape index (κ3) is 10.7. The number of primary sulfonamides is 1. The van der Waals surface area contributed by atoms with Gasteiger partial charge in [0.15, 0.2) is 0 Å². The van der Waals surface area contributed by atoms with Crippen LogP contribution in [0.3, 0.4) is 0 Å². The minimum atomic E-state index is -3.82. The lowest BCUT2D eigenvalue weighted by molar-refractivity contribution is -0.166. The van der Waals surface area contributed by atoms with Crippen LogP contribution in [-0.4, -0.2) is 70.6 Å². The lowest BCUT2D eigenvalue weighted by atomic mass is 9.65. The van der Waals surface area contributed by atoms with E-state index in [-0.39, 0.29) is 41.4 Å². The molecule has 0 amide bonds. The van der Waals surface area contributed by atoms with Crippen molar-refractivity contribution in [1.82, 2.24) is 19.7 Å². The average molecular weight is 856 g/mol. The summed E-state index contributed by atoms with van der Waals surface area (Å²) < 4.78 is 37.0. The number of anilines is 4. The van der Waals surface area contributed by atoms with E-state index in [1.165, 1.54) is 11.6 Å². The van der Waals surface area contributed by atoms with Gasteiger partial charge in [0.2, 0.25) is 16.0 Å². The van der Waals surface area contributed by atoms with Crippen LogP contribution in [0.15, 0.2) is 77.4 Å². The molecule has 61 heavy (non-hydrogen) atoms. The molecular formula is C46H61N7O7S. The van der Waals surface area contributed by atoms with Gasteiger partial charge in [0.25, 0.3) is 0 Å². The number of nitrogens with two attached hydrogens (primary N) is 1. The first-order valence-corrected chi connectivity index (χ1v) is 22.7. The summed E-state index contributed by atoms with van der Waals surface area (Å²) in [4.78, 5) is 35.4. The zero-order chi connectivity index (χ0) is 44.4. The van der Waals surface area contributed by atoms with Gasteiger partial charge < -0.3 is 24.8 Å². The van der Waals surface area contributed by atoms with E-state index in [1.807, 2.05) is 69.6 Å². The largest absolute Gasteiger partial charge is 0.462 e. The van der Waals surface area contributed by atoms with Crippen molar-refractivity contribution in [1.29, 1.82) is 0 Å². The van der Waals surface area contributed by atoms with Gasteiger partial charge in [-0.1, -0.05) is 45.1 Å². The highest BCUT2D eigenvalue weighted by Crippen LogP contribution is 2.46. The number of allylic oxidation sites excluding steroid dienone is 3. The van der Waals surface area contributed by atoms with Crippen molar-refractivity contribution in [3.63, 3.8) is 0 Å². The highest BCUT2D eigenvalue weighted by molar-refractivity contribution is 7.89. The predicted octanol–water partition coefficient (Wildman–Crippen LogP) is 7.72. The Morgan fingerprint density at radius 2 is 1.87 bits per heavy atom. The van der Waals surface area contributed by atoms with Crippen molar-refractivity contribution in [3.05, 3.63) is 83.7 Å². The molecule has 0 radical (unpaired) electrons. The predicted molar refractivity (Wildman–Crippen MR) is 237 cm³/mol. The van der Waals surface area contributed by atoms with Gasteiger partial charge in [0.1, 0.15) is 18.0 Å². The van der Waals surface area contributed by atoms with Crippen LogP contribution < -0.4 is 15.4 Å². The number of hydrogen-bond acceptors (Lipinski definition) is 12. The van der Waals surface area contributed by atoms with Crippen LogP contribution in [0, 0.1) is 42.9 Å². The number of cyclic esters (lactones) is 1. The van der Waals surface area contributed by atoms with Crippen LogP contribution in [0.4, 0.5) is 23.1 Å². The van der Waals surface area contributed by atoms with E-state index in [0.29, 0.717) is 47.2 Å². The Kier molecular flexibility index (Phi) is 13.7. The van der Waals surface area contributed by atoms with E-state index in [0.717, 1.165) is 48.0 Å². The lowest BCUT2D eigenvalue weighted by Gasteiger charge is -2.44. The van der Waals surface area contributed by atoms with Gasteiger partial charge in [0.05, 0.1) is 28.4 Å². The smallest absolute Gasteiger partial charge is 0.311 e. The van der Waals surface area contributed by atoms with Crippen LogP contribution in [0.5, 0.6) is 0 Å². The third-order valence-corrected chi connectivity index (χ3v) is 13.6. The number of aliphatic hydroxyl groups excluding tert-OH is 1. The molecular weight excluding hydrogens is 795 g/mol. The fourth-order valence-corrected chi connectivity index (χ4v) is 9.26. The Bertz CT molecular complexity index is 2430. The van der Waals surface area contributed by atoms with E-state index in [9.17, 15) is 23.1 Å². The molecule has 14 nitrogen and oxygen atoms in total. The van der Waals surface area contributed by atoms with Gasteiger partial charge in [-0.15, -0.1) is 0 Å². The number of aryl methyl sites for hydroxylation is 3. The lowest BCUT2D eigenvalue weighted by Crippen LogP contribution is -2.43. The molecule has 2 aromatic heterocycles. The molecule has 1 saturated heterocycles. The molecule has 2 aliphatic carbocycles. The minimum absolute atomic E-state index is 0.0599. The number of fused-ring (bicyclic) bond motifs is 2. The zero-order valence-corrected chi connectivity index (χ0v) is 37.6. The molecule has 7 rings (SSSR count). The summed E-state index contributed by atoms with van der Waals surface area (Å²) in [5, 5.41) is 23.9. The number of sulfonamides is 1. The van der Waals surface area contributed by atoms with Crippen molar-refractivity contribution in [2.45, 2.75) is 110 Å². The quantitative estimate of drug-likeness (QED) is 0.125. The zero-order valence-electron chi connectivity index (χ0n) is 36.8. The van der Waals surface area contributed by atoms with E-state index >= 15 is 0 Å². The number of rotatable bonds is 11. The maximum absolute atomic E-state index is 12.9. The number of carbonyl (C=O) groups excluding carboxylic acids is 2. The fraction of sp³-hybridized carbons (Fsp3) is 0.500. The fourth-order valence-electron chi connectivity index (χ4n) is 8.45. The monoisotopic (exact) mass is 855 g/mol. The summed E-state index contributed by atoms with van der Waals surface area (Å²) in [7, 11) is 0.0129. The number of carbonyl (C=O) groups is 2. The molecule has 7 atom stereocenters. The molecule has 3 heterocycles.